The third kappa shape index (κ3) is 2.21. The summed E-state index contributed by atoms with van der Waals surface area (Å²) >= 11 is 0. The van der Waals surface area contributed by atoms with Gasteiger partial charge in [0.25, 0.3) is 0 Å². The van der Waals surface area contributed by atoms with Crippen LogP contribution in [0.4, 0.5) is 11.4 Å². The second kappa shape index (κ2) is 5.31. The van der Waals surface area contributed by atoms with Gasteiger partial charge in [0.05, 0.1) is 16.9 Å². The fourth-order valence-electron chi connectivity index (χ4n) is 4.20. The van der Waals surface area contributed by atoms with Gasteiger partial charge in [-0.05, 0) is 42.5 Å². The maximum atomic E-state index is 13.1. The summed E-state index contributed by atoms with van der Waals surface area (Å²) in [5.74, 6) is 1.49. The molecule has 0 spiro atoms. The van der Waals surface area contributed by atoms with Gasteiger partial charge in [0.2, 0.25) is 0 Å². The Morgan fingerprint density at radius 1 is 1.12 bits per heavy atom. The van der Waals surface area contributed by atoms with E-state index >= 15 is 0 Å². The van der Waals surface area contributed by atoms with Gasteiger partial charge in [0.1, 0.15) is 0 Å². The summed E-state index contributed by atoms with van der Waals surface area (Å²) in [6.07, 6.45) is 4.52. The Kier molecular flexibility index (Phi) is 3.07. The van der Waals surface area contributed by atoms with Crippen LogP contribution in [0.5, 0.6) is 0 Å². The zero-order valence-electron chi connectivity index (χ0n) is 14.0. The molecule has 0 amide bonds. The third-order valence-electron chi connectivity index (χ3n) is 5.64. The van der Waals surface area contributed by atoms with Crippen LogP contribution in [0.2, 0.25) is 0 Å². The molecule has 2 aliphatic rings. The lowest BCUT2D eigenvalue weighted by Gasteiger charge is -2.13. The van der Waals surface area contributed by atoms with E-state index < -0.39 is 0 Å². The SMILES string of the molecule is CC1[C@H]2C(=O)c3c([nH]c(-c4ccncc4)c3Nc3ccccc3)C[C@@H]12. The molecular weight excluding hydrogens is 310 g/mol. The van der Waals surface area contributed by atoms with E-state index in [-0.39, 0.29) is 11.7 Å². The van der Waals surface area contributed by atoms with E-state index in [0.717, 1.165) is 40.3 Å². The van der Waals surface area contributed by atoms with Crippen molar-refractivity contribution >= 4 is 17.2 Å². The van der Waals surface area contributed by atoms with Crippen LogP contribution < -0.4 is 5.32 Å². The molecule has 2 N–H and O–H groups in total. The minimum Gasteiger partial charge on any atom is -0.356 e. The molecule has 124 valence electrons. The Labute approximate surface area is 146 Å². The first-order chi connectivity index (χ1) is 12.2. The molecule has 4 heteroatoms. The van der Waals surface area contributed by atoms with Gasteiger partial charge in [0.15, 0.2) is 5.78 Å². The molecule has 2 heterocycles. The predicted octanol–water partition coefficient (Wildman–Crippen LogP) is 4.44. The number of hydrogen-bond acceptors (Lipinski definition) is 3. The molecule has 0 bridgehead atoms. The summed E-state index contributed by atoms with van der Waals surface area (Å²) in [4.78, 5) is 20.7. The number of nitrogens with zero attached hydrogens (tertiary/aromatic N) is 1. The van der Waals surface area contributed by atoms with Crippen LogP contribution in [-0.2, 0) is 6.42 Å². The van der Waals surface area contributed by atoms with Crippen molar-refractivity contribution in [2.24, 2.45) is 17.8 Å². The average Bonchev–Trinajstić information content (AvgIpc) is 3.15. The summed E-state index contributed by atoms with van der Waals surface area (Å²) in [5.41, 5.74) is 5.81. The van der Waals surface area contributed by atoms with E-state index in [2.05, 4.69) is 22.2 Å². The second-order valence-corrected chi connectivity index (χ2v) is 7.07. The molecule has 3 aromatic rings. The molecule has 1 aromatic carbocycles. The van der Waals surface area contributed by atoms with Crippen molar-refractivity contribution < 1.29 is 4.79 Å². The van der Waals surface area contributed by atoms with Crippen molar-refractivity contribution in [1.29, 1.82) is 0 Å². The fourth-order valence-corrected chi connectivity index (χ4v) is 4.20. The van der Waals surface area contributed by atoms with E-state index in [4.69, 9.17) is 0 Å². The summed E-state index contributed by atoms with van der Waals surface area (Å²) in [7, 11) is 0. The Morgan fingerprint density at radius 2 is 1.88 bits per heavy atom. The summed E-state index contributed by atoms with van der Waals surface area (Å²) in [5, 5.41) is 3.49. The molecular formula is C21H19N3O. The van der Waals surface area contributed by atoms with Gasteiger partial charge in [-0.3, -0.25) is 9.78 Å². The van der Waals surface area contributed by atoms with E-state index in [9.17, 15) is 4.79 Å². The molecule has 1 unspecified atom stereocenters. The first-order valence-electron chi connectivity index (χ1n) is 8.75. The Balaban J connectivity index is 1.66. The largest absolute Gasteiger partial charge is 0.356 e. The highest BCUT2D eigenvalue weighted by molar-refractivity contribution is 6.10. The molecule has 2 aromatic heterocycles. The molecule has 1 saturated carbocycles. The van der Waals surface area contributed by atoms with Gasteiger partial charge < -0.3 is 10.3 Å². The zero-order valence-corrected chi connectivity index (χ0v) is 14.0. The molecule has 1 fully saturated rings. The number of rotatable bonds is 3. The first kappa shape index (κ1) is 14.5. The summed E-state index contributed by atoms with van der Waals surface area (Å²) < 4.78 is 0. The lowest BCUT2D eigenvalue weighted by atomic mass is 9.95. The van der Waals surface area contributed by atoms with Crippen LogP contribution in [0.3, 0.4) is 0 Å². The molecule has 2 aliphatic carbocycles. The van der Waals surface area contributed by atoms with Gasteiger partial charge in [-0.15, -0.1) is 0 Å². The quantitative estimate of drug-likeness (QED) is 0.747. The zero-order chi connectivity index (χ0) is 17.0. The number of benzene rings is 1. The topological polar surface area (TPSA) is 57.8 Å². The standard InChI is InChI=1S/C21H19N3O/c1-12-15-11-16-18(21(25)17(12)15)20(23-14-5-3-2-4-6-14)19(24-16)13-7-9-22-10-8-13/h2-10,12,15,17,23-24H,11H2,1H3/t12?,15-,17+/m0/s1. The number of carbonyl (C=O) groups excluding carboxylic acids is 1. The fraction of sp³-hybridized carbons (Fsp3) is 0.238. The van der Waals surface area contributed by atoms with Crippen molar-refractivity contribution in [3.63, 3.8) is 0 Å². The Morgan fingerprint density at radius 3 is 2.64 bits per heavy atom. The van der Waals surface area contributed by atoms with Crippen molar-refractivity contribution in [3.8, 4) is 11.3 Å². The van der Waals surface area contributed by atoms with Crippen molar-refractivity contribution in [2.45, 2.75) is 13.3 Å². The average molecular weight is 329 g/mol. The smallest absolute Gasteiger partial charge is 0.170 e. The number of pyridine rings is 1. The van der Waals surface area contributed by atoms with Crippen molar-refractivity contribution in [2.75, 3.05) is 5.32 Å². The van der Waals surface area contributed by atoms with Crippen LogP contribution in [0, 0.1) is 17.8 Å². The minimum absolute atomic E-state index is 0.199. The number of anilines is 2. The number of fused-ring (bicyclic) bond motifs is 2. The van der Waals surface area contributed by atoms with Gasteiger partial charge >= 0.3 is 0 Å². The van der Waals surface area contributed by atoms with E-state index in [1.165, 1.54) is 0 Å². The van der Waals surface area contributed by atoms with Crippen molar-refractivity contribution in [3.05, 3.63) is 66.1 Å². The number of para-hydroxylation sites is 1. The van der Waals surface area contributed by atoms with Gasteiger partial charge in [-0.2, -0.15) is 0 Å². The number of ketones is 1. The van der Waals surface area contributed by atoms with Gasteiger partial charge in [-0.1, -0.05) is 25.1 Å². The first-order valence-corrected chi connectivity index (χ1v) is 8.75. The minimum atomic E-state index is 0.199. The number of aromatic amines is 1. The van der Waals surface area contributed by atoms with Crippen LogP contribution in [0.1, 0.15) is 23.0 Å². The number of hydrogen-bond donors (Lipinski definition) is 2. The van der Waals surface area contributed by atoms with Crippen LogP contribution in [0.15, 0.2) is 54.9 Å². The van der Waals surface area contributed by atoms with E-state index in [1.807, 2.05) is 42.5 Å². The molecule has 25 heavy (non-hydrogen) atoms. The number of carbonyl (C=O) groups is 1. The lowest BCUT2D eigenvalue weighted by molar-refractivity contribution is 0.0951. The molecule has 0 aliphatic heterocycles. The van der Waals surface area contributed by atoms with Crippen LogP contribution in [0.25, 0.3) is 11.3 Å². The highest BCUT2D eigenvalue weighted by Crippen LogP contribution is 2.55. The third-order valence-corrected chi connectivity index (χ3v) is 5.64. The van der Waals surface area contributed by atoms with E-state index in [1.54, 1.807) is 12.4 Å². The summed E-state index contributed by atoms with van der Waals surface area (Å²) in [6.45, 7) is 2.19. The highest BCUT2D eigenvalue weighted by Gasteiger charge is 2.55. The predicted molar refractivity (Wildman–Crippen MR) is 97.9 cm³/mol. The van der Waals surface area contributed by atoms with Crippen molar-refractivity contribution in [1.82, 2.24) is 9.97 Å². The Hall–Kier alpha value is -2.88. The molecule has 4 nitrogen and oxygen atoms in total. The van der Waals surface area contributed by atoms with Crippen LogP contribution in [-0.4, -0.2) is 15.8 Å². The number of nitrogens with one attached hydrogen (secondary N) is 2. The normalized spacial score (nSPS) is 23.7. The highest BCUT2D eigenvalue weighted by atomic mass is 16.1. The molecule has 3 atom stereocenters. The Bertz CT molecular complexity index is 946. The molecule has 0 radical (unpaired) electrons. The molecule has 0 saturated heterocycles. The number of aromatic nitrogens is 2. The van der Waals surface area contributed by atoms with E-state index in [0.29, 0.717) is 11.8 Å². The van der Waals surface area contributed by atoms with Gasteiger partial charge in [-0.25, -0.2) is 0 Å². The van der Waals surface area contributed by atoms with Crippen LogP contribution >= 0.6 is 0 Å². The summed E-state index contributed by atoms with van der Waals surface area (Å²) in [6, 6.07) is 14.0. The maximum Gasteiger partial charge on any atom is 0.170 e. The van der Waals surface area contributed by atoms with Gasteiger partial charge in [0, 0.05) is 35.3 Å². The second-order valence-electron chi connectivity index (χ2n) is 7.07. The maximum absolute atomic E-state index is 13.1. The number of Topliss-reactive ketones (excluding diaryl/α,β-unsaturated/α-hetero) is 1. The number of H-pyrrole nitrogens is 1. The lowest BCUT2D eigenvalue weighted by Crippen LogP contribution is -2.14. The monoisotopic (exact) mass is 329 g/mol. The molecule has 5 rings (SSSR count).